The highest BCUT2D eigenvalue weighted by atomic mass is 16.3. The summed E-state index contributed by atoms with van der Waals surface area (Å²) in [6.07, 6.45) is 6.38. The zero-order valence-electron chi connectivity index (χ0n) is 42.6. The minimum Gasteiger partial charge on any atom is -0.456 e. The fraction of sp³-hybridized carbons (Fsp3) is 0.0833. The summed E-state index contributed by atoms with van der Waals surface area (Å²) in [5, 5.41) is 4.77. The molecule has 0 N–H and O–H groups in total. The van der Waals surface area contributed by atoms with Crippen molar-refractivity contribution >= 4 is 101 Å². The Morgan fingerprint density at radius 1 is 0.377 bits per heavy atom. The molecule has 77 heavy (non-hydrogen) atoms. The van der Waals surface area contributed by atoms with Crippen LogP contribution in [-0.2, 0) is 0 Å². The molecule has 0 atom stereocenters. The molecule has 3 aliphatic rings. The van der Waals surface area contributed by atoms with Crippen molar-refractivity contribution in [3.63, 3.8) is 0 Å². The number of para-hydroxylation sites is 4. The predicted molar refractivity (Wildman–Crippen MR) is 324 cm³/mol. The monoisotopic (exact) mass is 985 g/mol. The molecule has 1 aliphatic carbocycles. The fourth-order valence-corrected chi connectivity index (χ4v) is 13.7. The quantitative estimate of drug-likeness (QED) is 0.149. The van der Waals surface area contributed by atoms with E-state index < -0.39 is 0 Å². The molecule has 364 valence electrons. The van der Waals surface area contributed by atoms with Gasteiger partial charge in [-0.05, 0) is 147 Å². The third-order valence-corrected chi connectivity index (χ3v) is 17.1. The summed E-state index contributed by atoms with van der Waals surface area (Å²) in [6, 6.07) is 92.8. The maximum atomic E-state index is 6.63. The maximum absolute atomic E-state index is 6.63. The van der Waals surface area contributed by atoms with E-state index in [0.717, 1.165) is 61.5 Å². The first-order chi connectivity index (χ1) is 38.2. The Kier molecular flexibility index (Phi) is 10.1. The molecule has 0 spiro atoms. The van der Waals surface area contributed by atoms with Gasteiger partial charge in [0.2, 0.25) is 0 Å². The predicted octanol–water partition coefficient (Wildman–Crippen LogP) is 17.8. The molecule has 0 saturated heterocycles. The molecule has 4 heterocycles. The first-order valence-electron chi connectivity index (χ1n) is 27.5. The van der Waals surface area contributed by atoms with Gasteiger partial charge < -0.3 is 18.8 Å². The van der Waals surface area contributed by atoms with Gasteiger partial charge in [0.15, 0.2) is 0 Å². The second kappa shape index (κ2) is 17.6. The Labute approximate surface area is 448 Å². The minimum absolute atomic E-state index is 0.165. The average Bonchev–Trinajstić information content (AvgIpc) is 4.21. The van der Waals surface area contributed by atoms with Gasteiger partial charge in [0.1, 0.15) is 11.2 Å². The van der Waals surface area contributed by atoms with Crippen LogP contribution in [0.5, 0.6) is 0 Å². The number of rotatable bonds is 7. The van der Waals surface area contributed by atoms with Gasteiger partial charge in [0, 0.05) is 50.0 Å². The molecule has 2 aromatic heterocycles. The van der Waals surface area contributed by atoms with Crippen LogP contribution < -0.4 is 26.2 Å². The lowest BCUT2D eigenvalue weighted by molar-refractivity contribution is 0.444. The summed E-state index contributed by atoms with van der Waals surface area (Å²) in [5.41, 5.74) is 24.5. The molecule has 4 nitrogen and oxygen atoms in total. The molecule has 0 bridgehead atoms. The summed E-state index contributed by atoms with van der Waals surface area (Å²) >= 11 is 0. The van der Waals surface area contributed by atoms with Crippen LogP contribution in [0.3, 0.4) is 0 Å². The molecule has 2 aliphatic heterocycles. The molecule has 5 heteroatoms. The lowest BCUT2D eigenvalue weighted by Gasteiger charge is -2.45. The number of aromatic nitrogens is 1. The van der Waals surface area contributed by atoms with E-state index in [-0.39, 0.29) is 6.71 Å². The van der Waals surface area contributed by atoms with E-state index in [4.69, 9.17) is 4.42 Å². The normalized spacial score (nSPS) is 14.1. The van der Waals surface area contributed by atoms with Crippen LogP contribution in [0.25, 0.3) is 82.8 Å². The van der Waals surface area contributed by atoms with Gasteiger partial charge >= 0.3 is 0 Å². The zero-order valence-corrected chi connectivity index (χ0v) is 42.6. The van der Waals surface area contributed by atoms with Gasteiger partial charge in [0.05, 0.1) is 22.4 Å². The van der Waals surface area contributed by atoms with Crippen molar-refractivity contribution in [3.8, 4) is 39.1 Å². The number of hydrogen-bond donors (Lipinski definition) is 0. The third kappa shape index (κ3) is 6.93. The van der Waals surface area contributed by atoms with Gasteiger partial charge in [-0.15, -0.1) is 0 Å². The van der Waals surface area contributed by atoms with Crippen molar-refractivity contribution in [2.24, 2.45) is 0 Å². The molecule has 1 fully saturated rings. The van der Waals surface area contributed by atoms with E-state index in [1.807, 2.05) is 0 Å². The second-order valence-electron chi connectivity index (χ2n) is 21.4. The molecule has 0 unspecified atom stereocenters. The Hall–Kier alpha value is -9.32. The van der Waals surface area contributed by atoms with Crippen molar-refractivity contribution < 1.29 is 4.42 Å². The van der Waals surface area contributed by atoms with Crippen molar-refractivity contribution in [2.75, 3.05) is 9.80 Å². The van der Waals surface area contributed by atoms with Crippen LogP contribution in [0, 0.1) is 0 Å². The van der Waals surface area contributed by atoms with Crippen LogP contribution >= 0.6 is 0 Å². The van der Waals surface area contributed by atoms with Gasteiger partial charge in [-0.2, -0.15) is 0 Å². The average molecular weight is 986 g/mol. The van der Waals surface area contributed by atoms with Gasteiger partial charge in [0.25, 0.3) is 6.71 Å². The number of benzene rings is 11. The number of nitrogens with zero attached hydrogens (tertiary/aromatic N) is 3. The third-order valence-electron chi connectivity index (χ3n) is 17.1. The topological polar surface area (TPSA) is 24.6 Å². The van der Waals surface area contributed by atoms with E-state index in [0.29, 0.717) is 5.92 Å². The van der Waals surface area contributed by atoms with Crippen molar-refractivity contribution in [1.29, 1.82) is 0 Å². The molecular formula is C72H52BN3O. The summed E-state index contributed by atoms with van der Waals surface area (Å²) in [5.74, 6) is 0.552. The molecule has 1 saturated carbocycles. The van der Waals surface area contributed by atoms with Gasteiger partial charge in [-0.25, -0.2) is 0 Å². The van der Waals surface area contributed by atoms with Crippen LogP contribution in [0.4, 0.5) is 34.1 Å². The van der Waals surface area contributed by atoms with Crippen LogP contribution in [0.1, 0.15) is 43.6 Å². The molecule has 0 radical (unpaired) electrons. The van der Waals surface area contributed by atoms with Crippen molar-refractivity contribution in [2.45, 2.75) is 38.0 Å². The SMILES string of the molecule is c1ccc(-c2ccc3c(c2)B2c4cc(-c5ccccc5)cc(-n5c6ccccc6c6ccc(C7CCCCC7)cc65)c4N(c4ccccc4)c4cc(-c5cccc6oc7ccccc7c56)cc(c42)N3c2ccccc2)cc1. The van der Waals surface area contributed by atoms with Crippen LogP contribution in [0.2, 0.25) is 0 Å². The lowest BCUT2D eigenvalue weighted by atomic mass is 9.33. The highest BCUT2D eigenvalue weighted by Gasteiger charge is 2.45. The first-order valence-corrected chi connectivity index (χ1v) is 27.5. The molecule has 0 amide bonds. The Morgan fingerprint density at radius 3 is 1.73 bits per heavy atom. The minimum atomic E-state index is -0.165. The lowest BCUT2D eigenvalue weighted by Crippen LogP contribution is -2.61. The van der Waals surface area contributed by atoms with E-state index in [9.17, 15) is 0 Å². The first kappa shape index (κ1) is 44.0. The van der Waals surface area contributed by atoms with Crippen LogP contribution in [0.15, 0.2) is 253 Å². The summed E-state index contributed by atoms with van der Waals surface area (Å²) < 4.78 is 9.26. The van der Waals surface area contributed by atoms with Crippen molar-refractivity contribution in [3.05, 3.63) is 254 Å². The van der Waals surface area contributed by atoms with E-state index in [2.05, 4.69) is 263 Å². The van der Waals surface area contributed by atoms with E-state index >= 15 is 0 Å². The van der Waals surface area contributed by atoms with Crippen molar-refractivity contribution in [1.82, 2.24) is 4.57 Å². The smallest absolute Gasteiger partial charge is 0.252 e. The zero-order chi connectivity index (χ0) is 50.6. The number of hydrogen-bond acceptors (Lipinski definition) is 3. The number of anilines is 6. The second-order valence-corrected chi connectivity index (χ2v) is 21.4. The summed E-state index contributed by atoms with van der Waals surface area (Å²) in [6.45, 7) is -0.165. The Bertz CT molecular complexity index is 4440. The maximum Gasteiger partial charge on any atom is 0.252 e. The fourth-order valence-electron chi connectivity index (χ4n) is 13.7. The standard InChI is InChI=1S/C72H52BN3O/c1-6-21-47(22-7-1)50-38-40-63-60(41-50)73-61-42-52(49-25-10-3-11-26-49)44-67(76-62-34-18-16-31-57(62)58-39-37-51(43-64(58)76)48-23-8-2-9-24-48)72(61)75(55-29-14-5-15-30-55)66-46-53(45-65(71(66)73)74(63)54-27-12-4-13-28-54)56-33-20-36-69-70(56)59-32-17-19-35-68(59)77-69/h1,3-7,10-22,25-46,48H,2,8-9,23-24H2. The highest BCUT2D eigenvalue weighted by molar-refractivity contribution is 7.00. The van der Waals surface area contributed by atoms with E-state index in [1.165, 1.54) is 109 Å². The van der Waals surface area contributed by atoms with Gasteiger partial charge in [-0.1, -0.05) is 195 Å². The Balaban J connectivity index is 1.08. The van der Waals surface area contributed by atoms with Crippen LogP contribution in [-0.4, -0.2) is 11.3 Å². The summed E-state index contributed by atoms with van der Waals surface area (Å²) in [7, 11) is 0. The molecule has 13 aromatic rings. The largest absolute Gasteiger partial charge is 0.456 e. The number of furan rings is 1. The van der Waals surface area contributed by atoms with Gasteiger partial charge in [-0.3, -0.25) is 0 Å². The molecule has 16 rings (SSSR count). The molecular weight excluding hydrogens is 934 g/mol. The molecule has 11 aromatic carbocycles. The highest BCUT2D eigenvalue weighted by Crippen LogP contribution is 2.51. The number of fused-ring (bicyclic) bond motifs is 10. The Morgan fingerprint density at radius 2 is 0.974 bits per heavy atom. The van der Waals surface area contributed by atoms with E-state index in [1.54, 1.807) is 0 Å². The summed E-state index contributed by atoms with van der Waals surface area (Å²) in [4.78, 5) is 5.15.